The highest BCUT2D eigenvalue weighted by molar-refractivity contribution is 7.80. The van der Waals surface area contributed by atoms with Crippen LogP contribution in [0.3, 0.4) is 0 Å². The van der Waals surface area contributed by atoms with Crippen LogP contribution in [-0.4, -0.2) is 59.7 Å². The maximum atomic E-state index is 5.61. The lowest BCUT2D eigenvalue weighted by Crippen LogP contribution is -2.56. The molecule has 0 saturated carbocycles. The molecule has 3 aliphatic heterocycles. The molecule has 8 heteroatoms. The molecule has 196 valence electrons. The predicted octanol–water partition coefficient (Wildman–Crippen LogP) is 4.89. The summed E-state index contributed by atoms with van der Waals surface area (Å²) in [6, 6.07) is 15.1. The van der Waals surface area contributed by atoms with Gasteiger partial charge in [0.25, 0.3) is 0 Å². The average molecular weight is 520 g/mol. The smallest absolute Gasteiger partial charge is 0.170 e. The summed E-state index contributed by atoms with van der Waals surface area (Å²) in [6.45, 7) is 7.28. The first-order valence-electron chi connectivity index (χ1n) is 13.0. The number of aryl methyl sites for hydroxylation is 3. The van der Waals surface area contributed by atoms with Crippen molar-refractivity contribution in [2.24, 2.45) is 13.0 Å². The lowest BCUT2D eigenvalue weighted by atomic mass is 9.74. The number of hydrogen-bond acceptors (Lipinski definition) is 5. The van der Waals surface area contributed by atoms with Crippen molar-refractivity contribution in [3.63, 3.8) is 0 Å². The van der Waals surface area contributed by atoms with Gasteiger partial charge in [0.1, 0.15) is 0 Å². The molecule has 2 aromatic carbocycles. The number of thiocarbonyl (C=S) groups is 1. The second-order valence-corrected chi connectivity index (χ2v) is 10.8. The summed E-state index contributed by atoms with van der Waals surface area (Å²) in [5.74, 6) is 2.57. The average Bonchev–Trinajstić information content (AvgIpc) is 3.28. The van der Waals surface area contributed by atoms with Crippen molar-refractivity contribution in [1.29, 1.82) is 0 Å². The second kappa shape index (κ2) is 10.7. The third kappa shape index (κ3) is 5.45. The number of methoxy groups -OCH3 is 2. The monoisotopic (exact) mass is 519 g/mol. The number of nitrogens with one attached hydrogen (secondary N) is 2. The molecular formula is C29H37N5O2S. The molecule has 0 spiro atoms. The summed E-state index contributed by atoms with van der Waals surface area (Å²) in [7, 11) is 5.38. The van der Waals surface area contributed by atoms with Gasteiger partial charge in [0.05, 0.1) is 19.9 Å². The number of anilines is 1. The van der Waals surface area contributed by atoms with Crippen LogP contribution < -0.4 is 20.1 Å². The van der Waals surface area contributed by atoms with E-state index < -0.39 is 0 Å². The van der Waals surface area contributed by atoms with Crippen molar-refractivity contribution in [1.82, 2.24) is 20.0 Å². The van der Waals surface area contributed by atoms with Crippen LogP contribution in [0.1, 0.15) is 35.6 Å². The van der Waals surface area contributed by atoms with Gasteiger partial charge in [0.15, 0.2) is 16.6 Å². The minimum absolute atomic E-state index is 0.483. The number of ether oxygens (including phenoxy) is 2. The van der Waals surface area contributed by atoms with E-state index in [2.05, 4.69) is 65.4 Å². The summed E-state index contributed by atoms with van der Waals surface area (Å²) in [4.78, 5) is 2.63. The highest BCUT2D eigenvalue weighted by atomic mass is 32.1. The molecule has 4 atom stereocenters. The van der Waals surface area contributed by atoms with Crippen molar-refractivity contribution < 1.29 is 9.47 Å². The van der Waals surface area contributed by atoms with E-state index in [4.69, 9.17) is 26.8 Å². The van der Waals surface area contributed by atoms with E-state index >= 15 is 0 Å². The van der Waals surface area contributed by atoms with E-state index in [-0.39, 0.29) is 0 Å². The van der Waals surface area contributed by atoms with Gasteiger partial charge < -0.3 is 20.1 Å². The van der Waals surface area contributed by atoms with Gasteiger partial charge in [-0.1, -0.05) is 6.07 Å². The highest BCUT2D eigenvalue weighted by Gasteiger charge is 2.41. The Hall–Kier alpha value is -3.10. The lowest BCUT2D eigenvalue weighted by molar-refractivity contribution is 0.0303. The summed E-state index contributed by atoms with van der Waals surface area (Å²) < 4.78 is 13.0. The van der Waals surface area contributed by atoms with Crippen molar-refractivity contribution in [3.8, 4) is 22.8 Å². The molecule has 3 fully saturated rings. The van der Waals surface area contributed by atoms with Crippen molar-refractivity contribution in [2.75, 3.05) is 39.2 Å². The Kier molecular flexibility index (Phi) is 7.40. The Morgan fingerprint density at radius 1 is 1.05 bits per heavy atom. The summed E-state index contributed by atoms with van der Waals surface area (Å²) in [5.41, 5.74) is 6.82. The lowest BCUT2D eigenvalue weighted by Gasteiger charge is -2.50. The minimum Gasteiger partial charge on any atom is -0.493 e. The predicted molar refractivity (Wildman–Crippen MR) is 153 cm³/mol. The SMILES string of the molecule is COc1ccc(-c2cc([C@H]3CN4CC[C@@H]3C[C@@H]4CNC(=S)Nc3cc(C)cc(C)c3)n(C)n2)cc1OC. The maximum absolute atomic E-state index is 5.61. The van der Waals surface area contributed by atoms with Gasteiger partial charge in [-0.2, -0.15) is 5.10 Å². The highest BCUT2D eigenvalue weighted by Crippen LogP contribution is 2.42. The van der Waals surface area contributed by atoms with E-state index in [1.165, 1.54) is 29.7 Å². The summed E-state index contributed by atoms with van der Waals surface area (Å²) >= 11 is 5.61. The number of hydrogen-bond donors (Lipinski definition) is 2. The third-order valence-corrected chi connectivity index (χ3v) is 8.08. The molecule has 1 unspecified atom stereocenters. The molecule has 3 aliphatic rings. The van der Waals surface area contributed by atoms with E-state index in [9.17, 15) is 0 Å². The van der Waals surface area contributed by atoms with Gasteiger partial charge in [0.2, 0.25) is 0 Å². The zero-order valence-corrected chi connectivity index (χ0v) is 23.2. The summed E-state index contributed by atoms with van der Waals surface area (Å²) in [5, 5.41) is 12.4. The first-order chi connectivity index (χ1) is 17.8. The summed E-state index contributed by atoms with van der Waals surface area (Å²) in [6.07, 6.45) is 2.39. The van der Waals surface area contributed by atoms with Crippen LogP contribution in [-0.2, 0) is 7.05 Å². The largest absolute Gasteiger partial charge is 0.493 e. The Labute approximate surface area is 225 Å². The normalized spacial score (nSPS) is 22.5. The van der Waals surface area contributed by atoms with Crippen molar-refractivity contribution >= 4 is 23.0 Å². The maximum Gasteiger partial charge on any atom is 0.170 e. The Morgan fingerprint density at radius 3 is 2.49 bits per heavy atom. The fourth-order valence-corrected chi connectivity index (χ4v) is 6.28. The fraction of sp³-hybridized carbons (Fsp3) is 0.448. The zero-order chi connectivity index (χ0) is 26.1. The number of benzene rings is 2. The third-order valence-electron chi connectivity index (χ3n) is 7.83. The zero-order valence-electron chi connectivity index (χ0n) is 22.4. The number of rotatable bonds is 7. The van der Waals surface area contributed by atoms with Crippen LogP contribution in [0.5, 0.6) is 11.5 Å². The number of nitrogens with zero attached hydrogens (tertiary/aromatic N) is 3. The molecule has 0 radical (unpaired) electrons. The van der Waals surface area contributed by atoms with Gasteiger partial charge in [-0.05, 0) is 98.9 Å². The molecule has 3 aromatic rings. The molecule has 2 N–H and O–H groups in total. The molecule has 1 aromatic heterocycles. The molecular weight excluding hydrogens is 482 g/mol. The van der Waals surface area contributed by atoms with Gasteiger partial charge in [-0.25, -0.2) is 0 Å². The molecule has 2 bridgehead atoms. The van der Waals surface area contributed by atoms with E-state index in [1.807, 2.05) is 18.2 Å². The van der Waals surface area contributed by atoms with E-state index in [1.54, 1.807) is 14.2 Å². The van der Waals surface area contributed by atoms with Gasteiger partial charge in [-0.15, -0.1) is 0 Å². The van der Waals surface area contributed by atoms with Gasteiger partial charge in [-0.3, -0.25) is 9.58 Å². The molecule has 3 saturated heterocycles. The molecule has 0 amide bonds. The fourth-order valence-electron chi connectivity index (χ4n) is 6.08. The molecule has 37 heavy (non-hydrogen) atoms. The van der Waals surface area contributed by atoms with Crippen LogP contribution in [0.15, 0.2) is 42.5 Å². The van der Waals surface area contributed by atoms with E-state index in [0.717, 1.165) is 48.1 Å². The van der Waals surface area contributed by atoms with Crippen molar-refractivity contribution in [2.45, 2.75) is 38.6 Å². The van der Waals surface area contributed by atoms with Crippen LogP contribution in [0.2, 0.25) is 0 Å². The van der Waals surface area contributed by atoms with Crippen LogP contribution >= 0.6 is 12.2 Å². The first kappa shape index (κ1) is 25.5. The quantitative estimate of drug-likeness (QED) is 0.431. The Bertz CT molecular complexity index is 1270. The number of fused-ring (bicyclic) bond motifs is 3. The van der Waals surface area contributed by atoms with Crippen LogP contribution in [0.4, 0.5) is 5.69 Å². The molecule has 0 aliphatic carbocycles. The second-order valence-electron chi connectivity index (χ2n) is 10.4. The van der Waals surface area contributed by atoms with E-state index in [0.29, 0.717) is 23.0 Å². The van der Waals surface area contributed by atoms with Gasteiger partial charge in [0, 0.05) is 49.0 Å². The standard InChI is InChI=1S/C29H37N5O2S/c1-18-10-19(2)12-22(11-18)31-29(37)30-16-23-13-20-8-9-34(23)17-24(20)26-15-25(32-33(26)3)21-6-7-27(35-4)28(14-21)36-5/h6-7,10-12,14-15,20,23-24H,8-9,13,16-17H2,1-5H3,(H2,30,31,37)/t20-,23-,24+/m1/s1. The number of piperidine rings is 3. The van der Waals surface area contributed by atoms with Crippen molar-refractivity contribution in [3.05, 3.63) is 59.3 Å². The number of aromatic nitrogens is 2. The first-order valence-corrected chi connectivity index (χ1v) is 13.4. The van der Waals surface area contributed by atoms with Crippen LogP contribution in [0.25, 0.3) is 11.3 Å². The minimum atomic E-state index is 0.483. The molecule has 6 rings (SSSR count). The molecule has 4 heterocycles. The van der Waals surface area contributed by atoms with Gasteiger partial charge >= 0.3 is 0 Å². The molecule has 7 nitrogen and oxygen atoms in total. The van der Waals surface area contributed by atoms with Crippen LogP contribution in [0, 0.1) is 19.8 Å². The Balaban J connectivity index is 1.23. The topological polar surface area (TPSA) is 63.6 Å². The Morgan fingerprint density at radius 2 is 1.81 bits per heavy atom.